The first-order valence-corrected chi connectivity index (χ1v) is 9.36. The number of hydrogen-bond donors (Lipinski definition) is 2. The quantitative estimate of drug-likeness (QED) is 0.874. The van der Waals surface area contributed by atoms with Gasteiger partial charge >= 0.3 is 6.03 Å². The van der Waals surface area contributed by atoms with Crippen molar-refractivity contribution in [2.75, 3.05) is 18.5 Å². The average Bonchev–Trinajstić information content (AvgIpc) is 3.15. The Balaban J connectivity index is 1.65. The molecule has 2 aromatic rings. The second-order valence-electron chi connectivity index (χ2n) is 6.99. The second-order valence-corrected chi connectivity index (χ2v) is 7.85. The van der Waals surface area contributed by atoms with E-state index in [-0.39, 0.29) is 6.03 Å². The summed E-state index contributed by atoms with van der Waals surface area (Å²) in [5.41, 5.74) is 1.38. The van der Waals surface area contributed by atoms with Gasteiger partial charge in [-0.1, -0.05) is 0 Å². The number of ether oxygens (including phenoxy) is 1. The van der Waals surface area contributed by atoms with Crippen molar-refractivity contribution in [1.29, 1.82) is 0 Å². The van der Waals surface area contributed by atoms with Gasteiger partial charge in [0.15, 0.2) is 0 Å². The van der Waals surface area contributed by atoms with Gasteiger partial charge in [0.2, 0.25) is 0 Å². The zero-order valence-corrected chi connectivity index (χ0v) is 15.9. The van der Waals surface area contributed by atoms with Crippen LogP contribution < -0.4 is 10.6 Å². The van der Waals surface area contributed by atoms with E-state index in [1.807, 2.05) is 39.3 Å². The van der Waals surface area contributed by atoms with Crippen LogP contribution in [0.1, 0.15) is 49.0 Å². The highest BCUT2D eigenvalue weighted by atomic mass is 32.1. The third-order valence-electron chi connectivity index (χ3n) is 4.30. The number of carbonyl (C=O) groups excluding carboxylic acids is 1. The summed E-state index contributed by atoms with van der Waals surface area (Å²) >= 11 is 1.55. The highest BCUT2D eigenvalue weighted by molar-refractivity contribution is 7.09. The molecule has 0 radical (unpaired) electrons. The van der Waals surface area contributed by atoms with Crippen LogP contribution in [0.3, 0.4) is 0 Å². The molecule has 1 saturated heterocycles. The van der Waals surface area contributed by atoms with E-state index < -0.39 is 5.54 Å². The predicted molar refractivity (Wildman–Crippen MR) is 98.0 cm³/mol. The maximum absolute atomic E-state index is 12.4. The van der Waals surface area contributed by atoms with Crippen molar-refractivity contribution in [3.05, 3.63) is 27.8 Å². The predicted octanol–water partition coefficient (Wildman–Crippen LogP) is 3.14. The summed E-state index contributed by atoms with van der Waals surface area (Å²) in [5.74, 6) is 0.970. The largest absolute Gasteiger partial charge is 0.381 e. The number of aromatic nitrogens is 3. The van der Waals surface area contributed by atoms with E-state index in [4.69, 9.17) is 4.74 Å². The topological polar surface area (TPSA) is 81.1 Å². The lowest BCUT2D eigenvalue weighted by Gasteiger charge is -2.23. The van der Waals surface area contributed by atoms with Crippen LogP contribution in [0.5, 0.6) is 0 Å². The first-order valence-electron chi connectivity index (χ1n) is 8.48. The summed E-state index contributed by atoms with van der Waals surface area (Å²) in [4.78, 5) is 16.9. The Kier molecular flexibility index (Phi) is 5.10. The number of nitrogens with one attached hydrogen (secondary N) is 2. The normalized spacial score (nSPS) is 18.2. The van der Waals surface area contributed by atoms with Gasteiger partial charge in [-0.25, -0.2) is 9.78 Å². The summed E-state index contributed by atoms with van der Waals surface area (Å²) in [5, 5.41) is 13.3. The maximum atomic E-state index is 12.4. The summed E-state index contributed by atoms with van der Waals surface area (Å²) < 4.78 is 7.23. The molecule has 0 aliphatic carbocycles. The third kappa shape index (κ3) is 4.19. The smallest absolute Gasteiger partial charge is 0.321 e. The minimum Gasteiger partial charge on any atom is -0.381 e. The van der Waals surface area contributed by atoms with E-state index in [0.29, 0.717) is 18.3 Å². The molecular formula is C17H25N5O2S. The lowest BCUT2D eigenvalue weighted by Crippen LogP contribution is -2.43. The Bertz CT molecular complexity index is 746. The highest BCUT2D eigenvalue weighted by Gasteiger charge is 2.27. The van der Waals surface area contributed by atoms with E-state index in [1.165, 1.54) is 0 Å². The van der Waals surface area contributed by atoms with Crippen LogP contribution in [0, 0.1) is 6.92 Å². The average molecular weight is 363 g/mol. The van der Waals surface area contributed by atoms with Crippen molar-refractivity contribution < 1.29 is 9.53 Å². The minimum absolute atomic E-state index is 0.271. The van der Waals surface area contributed by atoms with Crippen LogP contribution in [0.2, 0.25) is 0 Å². The van der Waals surface area contributed by atoms with Crippen LogP contribution in [0.4, 0.5) is 10.6 Å². The van der Waals surface area contributed by atoms with Crippen LogP contribution in [0.25, 0.3) is 0 Å². The number of urea groups is 1. The minimum atomic E-state index is -0.540. The fraction of sp³-hybridized carbons (Fsp3) is 0.588. The number of carbonyl (C=O) groups is 1. The molecule has 25 heavy (non-hydrogen) atoms. The van der Waals surface area contributed by atoms with Crippen LogP contribution in [0.15, 0.2) is 11.4 Å². The van der Waals surface area contributed by atoms with E-state index >= 15 is 0 Å². The fourth-order valence-electron chi connectivity index (χ4n) is 2.91. The van der Waals surface area contributed by atoms with Crippen molar-refractivity contribution >= 4 is 23.2 Å². The van der Waals surface area contributed by atoms with E-state index in [9.17, 15) is 4.79 Å². The molecule has 1 aliphatic rings. The molecule has 136 valence electrons. The summed E-state index contributed by atoms with van der Waals surface area (Å²) in [6.07, 6.45) is 2.12. The number of hydrogen-bond acceptors (Lipinski definition) is 5. The molecule has 2 amide bonds. The van der Waals surface area contributed by atoms with Crippen LogP contribution >= 0.6 is 11.3 Å². The van der Waals surface area contributed by atoms with E-state index in [1.54, 1.807) is 16.0 Å². The van der Waals surface area contributed by atoms with Gasteiger partial charge in [-0.15, -0.1) is 11.3 Å². The van der Waals surface area contributed by atoms with Crippen molar-refractivity contribution in [3.63, 3.8) is 0 Å². The lowest BCUT2D eigenvalue weighted by atomic mass is 9.99. The van der Waals surface area contributed by atoms with Crippen molar-refractivity contribution in [1.82, 2.24) is 20.1 Å². The van der Waals surface area contributed by atoms with Gasteiger partial charge in [0.1, 0.15) is 10.8 Å². The lowest BCUT2D eigenvalue weighted by molar-refractivity contribution is 0.0791. The van der Waals surface area contributed by atoms with E-state index in [2.05, 4.69) is 20.7 Å². The van der Waals surface area contributed by atoms with Crippen molar-refractivity contribution in [2.45, 2.75) is 45.1 Å². The van der Waals surface area contributed by atoms with E-state index in [0.717, 1.165) is 35.8 Å². The summed E-state index contributed by atoms with van der Waals surface area (Å²) in [7, 11) is 1.83. The second kappa shape index (κ2) is 7.13. The number of amides is 2. The molecular weight excluding hydrogens is 338 g/mol. The van der Waals surface area contributed by atoms with Crippen LogP contribution in [-0.4, -0.2) is 34.0 Å². The van der Waals surface area contributed by atoms with Gasteiger partial charge in [0, 0.05) is 36.7 Å². The van der Waals surface area contributed by atoms with Gasteiger partial charge in [-0.05, 0) is 33.6 Å². The first kappa shape index (κ1) is 17.9. The Labute approximate surface area is 151 Å². The number of anilines is 1. The standard InChI is InChI=1S/C17H25N5O2S/c1-11-10-25-15(18-11)17(2,3)20-16(23)19-14-8-13(21-22(14)4)12-6-5-7-24-9-12/h8,10,12H,5-7,9H2,1-4H3,(H2,19,20,23)/t12-/m0/s1. The summed E-state index contributed by atoms with van der Waals surface area (Å²) in [6.45, 7) is 7.35. The molecule has 7 nitrogen and oxygen atoms in total. The Hall–Kier alpha value is -1.93. The highest BCUT2D eigenvalue weighted by Crippen LogP contribution is 2.27. The molecule has 0 unspecified atom stereocenters. The Morgan fingerprint density at radius 1 is 1.48 bits per heavy atom. The van der Waals surface area contributed by atoms with Crippen LogP contribution in [-0.2, 0) is 17.3 Å². The monoisotopic (exact) mass is 363 g/mol. The van der Waals surface area contributed by atoms with Crippen molar-refractivity contribution in [2.24, 2.45) is 7.05 Å². The molecule has 0 spiro atoms. The summed E-state index contributed by atoms with van der Waals surface area (Å²) in [6, 6.07) is 1.66. The van der Waals surface area contributed by atoms with Gasteiger partial charge in [-0.2, -0.15) is 5.10 Å². The molecule has 3 heterocycles. The molecule has 1 fully saturated rings. The molecule has 0 bridgehead atoms. The van der Waals surface area contributed by atoms with Gasteiger partial charge < -0.3 is 10.1 Å². The SMILES string of the molecule is Cc1csc(C(C)(C)NC(=O)Nc2cc([C@H]3CCCOC3)nn2C)n1. The zero-order valence-electron chi connectivity index (χ0n) is 15.1. The molecule has 0 saturated carbocycles. The first-order chi connectivity index (χ1) is 11.8. The molecule has 3 rings (SSSR count). The number of aryl methyl sites for hydroxylation is 2. The molecule has 0 aromatic carbocycles. The Morgan fingerprint density at radius 2 is 2.28 bits per heavy atom. The fourth-order valence-corrected chi connectivity index (χ4v) is 3.78. The molecule has 1 aliphatic heterocycles. The van der Waals surface area contributed by atoms with Crippen molar-refractivity contribution in [3.8, 4) is 0 Å². The number of nitrogens with zero attached hydrogens (tertiary/aromatic N) is 3. The van der Waals surface area contributed by atoms with Gasteiger partial charge in [0.05, 0.1) is 17.8 Å². The zero-order chi connectivity index (χ0) is 18.0. The molecule has 2 aromatic heterocycles. The number of thiazole rings is 1. The molecule has 8 heteroatoms. The van der Waals surface area contributed by atoms with Gasteiger partial charge in [0.25, 0.3) is 0 Å². The maximum Gasteiger partial charge on any atom is 0.321 e. The molecule has 1 atom stereocenters. The number of rotatable bonds is 4. The van der Waals surface area contributed by atoms with Gasteiger partial charge in [-0.3, -0.25) is 10.00 Å². The third-order valence-corrected chi connectivity index (χ3v) is 5.58. The molecule has 2 N–H and O–H groups in total. The Morgan fingerprint density at radius 3 is 2.92 bits per heavy atom.